The van der Waals surface area contributed by atoms with E-state index in [1.54, 1.807) is 18.3 Å². The van der Waals surface area contributed by atoms with Gasteiger partial charge in [-0.25, -0.2) is 9.83 Å². The zero-order chi connectivity index (χ0) is 41.5. The van der Waals surface area contributed by atoms with Crippen molar-refractivity contribution in [1.29, 1.82) is 0 Å². The summed E-state index contributed by atoms with van der Waals surface area (Å²) in [6, 6.07) is 16.3. The van der Waals surface area contributed by atoms with Crippen LogP contribution in [0.3, 0.4) is 0 Å². The Hall–Kier alpha value is -6.40. The first-order valence-corrected chi connectivity index (χ1v) is 21.0. The number of hydrogen-bond acceptors (Lipinski definition) is 11. The monoisotopic (exact) mass is 808 g/mol. The van der Waals surface area contributed by atoms with Crippen LogP contribution in [0, 0.1) is 12.5 Å². The lowest BCUT2D eigenvalue weighted by Gasteiger charge is -2.41. The lowest BCUT2D eigenvalue weighted by atomic mass is 9.95. The van der Waals surface area contributed by atoms with Gasteiger partial charge >= 0.3 is 0 Å². The average molecular weight is 809 g/mol. The van der Waals surface area contributed by atoms with Crippen LogP contribution < -0.4 is 20.0 Å². The van der Waals surface area contributed by atoms with Crippen LogP contribution in [0.5, 0.6) is 0 Å². The maximum absolute atomic E-state index is 13.4. The highest BCUT2D eigenvalue weighted by Gasteiger charge is 2.45. The van der Waals surface area contributed by atoms with Crippen molar-refractivity contribution in [3.63, 3.8) is 0 Å². The SMILES string of the molecule is [C-]#[N+]c1ccc(N2CCN(C(=O)Cc3ccc(N4CCC(CN5CCN(c6ccc7c(c6)C(=O)N(C6CCC(=O)NC6=O)C7=O)CC5)CC4)nc3)C[C@@H]2C)c2cccnc12. The molecule has 7 heterocycles. The summed E-state index contributed by atoms with van der Waals surface area (Å²) in [5.74, 6) is -0.334. The maximum Gasteiger partial charge on any atom is 0.262 e. The maximum atomic E-state index is 13.4. The van der Waals surface area contributed by atoms with Crippen LogP contribution in [0.15, 0.2) is 67.0 Å². The van der Waals surface area contributed by atoms with Crippen molar-refractivity contribution in [2.45, 2.75) is 51.1 Å². The predicted octanol–water partition coefficient (Wildman–Crippen LogP) is 3.90. The molecular weight excluding hydrogens is 761 g/mol. The zero-order valence-corrected chi connectivity index (χ0v) is 33.8. The van der Waals surface area contributed by atoms with E-state index in [-0.39, 0.29) is 24.8 Å². The van der Waals surface area contributed by atoms with Crippen molar-refractivity contribution >= 4 is 63.3 Å². The fourth-order valence-electron chi connectivity index (χ4n) is 9.57. The molecule has 4 aromatic rings. The molecule has 1 unspecified atom stereocenters. The highest BCUT2D eigenvalue weighted by molar-refractivity contribution is 6.23. The number of imide groups is 2. The normalized spacial score (nSPS) is 21.7. The second-order valence-electron chi connectivity index (χ2n) is 16.6. The molecule has 4 fully saturated rings. The summed E-state index contributed by atoms with van der Waals surface area (Å²) in [6.07, 6.45) is 6.26. The molecule has 60 heavy (non-hydrogen) atoms. The number of piperidine rings is 2. The Morgan fingerprint density at radius 3 is 2.38 bits per heavy atom. The Morgan fingerprint density at radius 1 is 0.850 bits per heavy atom. The first-order chi connectivity index (χ1) is 29.1. The van der Waals surface area contributed by atoms with Crippen molar-refractivity contribution in [2.75, 3.05) is 80.1 Å². The minimum absolute atomic E-state index is 0.0930. The van der Waals surface area contributed by atoms with E-state index in [2.05, 4.69) is 41.7 Å². The molecule has 15 nitrogen and oxygen atoms in total. The Morgan fingerprint density at radius 2 is 1.65 bits per heavy atom. The molecule has 2 aromatic carbocycles. The summed E-state index contributed by atoms with van der Waals surface area (Å²) in [6.45, 7) is 17.9. The average Bonchev–Trinajstić information content (AvgIpc) is 3.51. The molecule has 4 saturated heterocycles. The fourth-order valence-corrected chi connectivity index (χ4v) is 9.57. The topological polar surface area (TPSA) is 147 Å². The van der Waals surface area contributed by atoms with Gasteiger partial charge in [0.15, 0.2) is 0 Å². The van der Waals surface area contributed by atoms with Gasteiger partial charge in [0, 0.05) is 107 Å². The second kappa shape index (κ2) is 16.3. The van der Waals surface area contributed by atoms with Crippen LogP contribution in [-0.2, 0) is 20.8 Å². The molecule has 9 rings (SSSR count). The van der Waals surface area contributed by atoms with E-state index in [0.29, 0.717) is 54.3 Å². The number of rotatable bonds is 8. The molecule has 0 bridgehead atoms. The van der Waals surface area contributed by atoms with Crippen LogP contribution >= 0.6 is 0 Å². The van der Waals surface area contributed by atoms with Gasteiger partial charge in [0.05, 0.1) is 29.6 Å². The molecule has 0 spiro atoms. The van der Waals surface area contributed by atoms with Crippen LogP contribution in [0.1, 0.15) is 58.9 Å². The van der Waals surface area contributed by atoms with Gasteiger partial charge in [-0.1, -0.05) is 18.2 Å². The summed E-state index contributed by atoms with van der Waals surface area (Å²) < 4.78 is 0. The van der Waals surface area contributed by atoms with Crippen molar-refractivity contribution in [1.82, 2.24) is 30.0 Å². The minimum atomic E-state index is -0.972. The van der Waals surface area contributed by atoms with E-state index in [4.69, 9.17) is 11.6 Å². The third-order valence-electron chi connectivity index (χ3n) is 12.9. The molecule has 2 atom stereocenters. The van der Waals surface area contributed by atoms with Crippen LogP contribution in [0.4, 0.5) is 22.9 Å². The number of nitrogens with one attached hydrogen (secondary N) is 1. The number of anilines is 3. The molecule has 5 aliphatic heterocycles. The van der Waals surface area contributed by atoms with E-state index in [9.17, 15) is 24.0 Å². The van der Waals surface area contributed by atoms with E-state index < -0.39 is 29.7 Å². The zero-order valence-electron chi connectivity index (χ0n) is 33.8. The predicted molar refractivity (Wildman–Crippen MR) is 226 cm³/mol. The summed E-state index contributed by atoms with van der Waals surface area (Å²) in [5, 5.41) is 3.21. The number of piperazine rings is 2. The number of pyridine rings is 2. The van der Waals surface area contributed by atoms with E-state index in [1.807, 2.05) is 53.6 Å². The number of benzene rings is 2. The van der Waals surface area contributed by atoms with Crippen LogP contribution in [0.2, 0.25) is 0 Å². The minimum Gasteiger partial charge on any atom is -0.369 e. The summed E-state index contributed by atoms with van der Waals surface area (Å²) in [7, 11) is 0. The number of aromatic nitrogens is 2. The van der Waals surface area contributed by atoms with Gasteiger partial charge < -0.3 is 19.6 Å². The van der Waals surface area contributed by atoms with Gasteiger partial charge in [-0.2, -0.15) is 0 Å². The number of hydrogen-bond donors (Lipinski definition) is 1. The lowest BCUT2D eigenvalue weighted by molar-refractivity contribution is -0.136. The number of carbonyl (C=O) groups excluding carboxylic acids is 5. The van der Waals surface area contributed by atoms with Crippen LogP contribution in [-0.4, -0.2) is 132 Å². The summed E-state index contributed by atoms with van der Waals surface area (Å²) in [4.78, 5) is 89.3. The number of fused-ring (bicyclic) bond motifs is 2. The second-order valence-corrected chi connectivity index (χ2v) is 16.6. The Labute approximate surface area is 348 Å². The molecule has 1 N–H and O–H groups in total. The van der Waals surface area contributed by atoms with Gasteiger partial charge in [-0.15, -0.1) is 0 Å². The van der Waals surface area contributed by atoms with Gasteiger partial charge in [0.25, 0.3) is 11.8 Å². The molecule has 0 saturated carbocycles. The van der Waals surface area contributed by atoms with Crippen molar-refractivity contribution < 1.29 is 24.0 Å². The first-order valence-electron chi connectivity index (χ1n) is 21.0. The summed E-state index contributed by atoms with van der Waals surface area (Å²) in [5.41, 5.74) is 4.70. The molecule has 0 aliphatic carbocycles. The fraction of sp³-hybridized carbons (Fsp3) is 0.422. The molecular formula is C45H48N10O5. The molecule has 5 amide bonds. The number of nitrogens with zero attached hydrogens (tertiary/aromatic N) is 9. The smallest absolute Gasteiger partial charge is 0.262 e. The summed E-state index contributed by atoms with van der Waals surface area (Å²) >= 11 is 0. The Balaban J connectivity index is 0.719. The molecule has 0 radical (unpaired) electrons. The van der Waals surface area contributed by atoms with E-state index in [1.165, 1.54) is 0 Å². The van der Waals surface area contributed by atoms with Crippen LogP contribution in [0.25, 0.3) is 15.7 Å². The molecule has 5 aliphatic rings. The van der Waals surface area contributed by atoms with Gasteiger partial charge in [-0.3, -0.25) is 44.1 Å². The van der Waals surface area contributed by atoms with Crippen molar-refractivity contribution in [2.24, 2.45) is 5.92 Å². The van der Waals surface area contributed by atoms with Crippen molar-refractivity contribution in [3.05, 3.63) is 95.1 Å². The van der Waals surface area contributed by atoms with E-state index >= 15 is 0 Å². The number of amides is 5. The highest BCUT2D eigenvalue weighted by atomic mass is 16.2. The third kappa shape index (κ3) is 7.51. The number of carbonyl (C=O) groups is 5. The third-order valence-corrected chi connectivity index (χ3v) is 12.9. The quantitative estimate of drug-likeness (QED) is 0.204. The Kier molecular flexibility index (Phi) is 10.6. The van der Waals surface area contributed by atoms with E-state index in [0.717, 1.165) is 91.7 Å². The lowest BCUT2D eigenvalue weighted by Crippen LogP contribution is -2.54. The van der Waals surface area contributed by atoms with Gasteiger partial charge in [0.2, 0.25) is 23.4 Å². The van der Waals surface area contributed by atoms with Gasteiger partial charge in [-0.05, 0) is 74.1 Å². The largest absolute Gasteiger partial charge is 0.369 e. The standard InChI is InChI=1S/C45H48N10O5/c1-29-27-53(22-23-54(29)37-9-8-36(46-2)42-34(37)4-3-15-47-42)41(57)24-31-5-11-39(48-26-31)52-16-13-30(14-17-52)28-50-18-20-51(21-19-50)32-6-7-33-35(25-32)45(60)55(44(33)59)38-10-12-40(56)49-43(38)58/h3-9,11,15,25-26,29-30,38H,10,12-14,16-24,27-28H2,1H3,(H,49,56,58)/t29-,38?/m0/s1. The van der Waals surface area contributed by atoms with Crippen molar-refractivity contribution in [3.8, 4) is 0 Å². The molecule has 15 heteroatoms. The Bertz CT molecular complexity index is 2400. The van der Waals surface area contributed by atoms with Gasteiger partial charge in [0.1, 0.15) is 11.9 Å². The molecule has 2 aromatic heterocycles. The highest BCUT2D eigenvalue weighted by Crippen LogP contribution is 2.35. The molecule has 308 valence electrons. The first kappa shape index (κ1) is 39.1.